The first-order chi connectivity index (χ1) is 5.60. The molecule has 0 aliphatic rings. The summed E-state index contributed by atoms with van der Waals surface area (Å²) < 4.78 is 8.89. The Morgan fingerprint density at radius 3 is 1.75 bits per heavy atom. The van der Waals surface area contributed by atoms with E-state index in [-0.39, 0.29) is 0 Å². The second kappa shape index (κ2) is 5.34. The number of carbonyl (C=O) groups excluding carboxylic acids is 1. The lowest BCUT2D eigenvalue weighted by Crippen LogP contribution is -2.30. The molecule has 0 aliphatic heterocycles. The van der Waals surface area contributed by atoms with Crippen LogP contribution in [-0.2, 0) is 9.47 Å². The predicted molar refractivity (Wildman–Crippen MR) is 43.9 cm³/mol. The first-order valence-corrected chi connectivity index (χ1v) is 3.23. The highest BCUT2D eigenvalue weighted by Crippen LogP contribution is 1.92. The average Bonchev–Trinajstić information content (AvgIpc) is 2.03. The first kappa shape index (κ1) is 10.7. The fourth-order valence-electron chi connectivity index (χ4n) is 0.346. The van der Waals surface area contributed by atoms with Crippen LogP contribution in [0.15, 0.2) is 25.3 Å². The number of rotatable bonds is 4. The van der Waals surface area contributed by atoms with Crippen LogP contribution in [0.25, 0.3) is 0 Å². The summed E-state index contributed by atoms with van der Waals surface area (Å²) in [4.78, 5) is 10.7. The minimum Gasteiger partial charge on any atom is -0.412 e. The van der Waals surface area contributed by atoms with Crippen LogP contribution in [0.2, 0.25) is 0 Å². The summed E-state index contributed by atoms with van der Waals surface area (Å²) in [6.07, 6.45) is -0.208. The number of hydrogen-bond donors (Lipinski definition) is 2. The van der Waals surface area contributed by atoms with Gasteiger partial charge in [-0.05, 0) is 12.2 Å². The molecule has 0 saturated carbocycles. The zero-order chi connectivity index (χ0) is 9.56. The molecule has 0 saturated heterocycles. The normalized spacial score (nSPS) is 14.2. The lowest BCUT2D eigenvalue weighted by Gasteiger charge is -2.11. The van der Waals surface area contributed by atoms with Crippen LogP contribution in [-0.4, -0.2) is 18.6 Å². The van der Waals surface area contributed by atoms with E-state index in [0.29, 0.717) is 0 Å². The minimum absolute atomic E-state index is 0.880. The summed E-state index contributed by atoms with van der Waals surface area (Å²) in [5.41, 5.74) is 10.4. The zero-order valence-corrected chi connectivity index (χ0v) is 6.60. The molecular weight excluding hydrogens is 160 g/mol. The van der Waals surface area contributed by atoms with Crippen LogP contribution in [0.3, 0.4) is 0 Å². The van der Waals surface area contributed by atoms with Gasteiger partial charge in [-0.25, -0.2) is 4.79 Å². The topological polar surface area (TPSA) is 87.6 Å². The Balaban J connectivity index is 3.73. The van der Waals surface area contributed by atoms with Crippen molar-refractivity contribution in [2.45, 2.75) is 12.5 Å². The molecule has 68 valence electrons. The van der Waals surface area contributed by atoms with E-state index in [1.165, 1.54) is 12.2 Å². The van der Waals surface area contributed by atoms with E-state index >= 15 is 0 Å². The van der Waals surface area contributed by atoms with E-state index in [1.807, 2.05) is 0 Å². The second-order valence-corrected chi connectivity index (χ2v) is 1.89. The van der Waals surface area contributed by atoms with E-state index < -0.39 is 18.6 Å². The monoisotopic (exact) mass is 172 g/mol. The first-order valence-electron chi connectivity index (χ1n) is 3.23. The van der Waals surface area contributed by atoms with Gasteiger partial charge in [-0.15, -0.1) is 0 Å². The van der Waals surface area contributed by atoms with Gasteiger partial charge in [0, 0.05) is 0 Å². The highest BCUT2D eigenvalue weighted by molar-refractivity contribution is 5.60. The molecule has 0 fully saturated rings. The van der Waals surface area contributed by atoms with E-state index in [0.717, 1.165) is 0 Å². The molecule has 0 rings (SSSR count). The molecule has 0 radical (unpaired) electrons. The molecule has 0 aromatic heterocycles. The highest BCUT2D eigenvalue weighted by Gasteiger charge is 2.10. The molecule has 0 aromatic carbocycles. The Labute approximate surface area is 70.6 Å². The molecule has 2 atom stereocenters. The molecule has 5 nitrogen and oxygen atoms in total. The highest BCUT2D eigenvalue weighted by atomic mass is 16.7. The van der Waals surface area contributed by atoms with Gasteiger partial charge in [0.1, 0.15) is 0 Å². The van der Waals surface area contributed by atoms with E-state index in [2.05, 4.69) is 22.6 Å². The Kier molecular flexibility index (Phi) is 4.75. The quantitative estimate of drug-likeness (QED) is 0.356. The minimum atomic E-state index is -0.949. The maximum atomic E-state index is 10.7. The van der Waals surface area contributed by atoms with E-state index in [4.69, 9.17) is 11.5 Å². The summed E-state index contributed by atoms with van der Waals surface area (Å²) in [5.74, 6) is 0. The van der Waals surface area contributed by atoms with Crippen molar-refractivity contribution in [1.29, 1.82) is 0 Å². The van der Waals surface area contributed by atoms with Crippen LogP contribution in [0.5, 0.6) is 0 Å². The van der Waals surface area contributed by atoms with Gasteiger partial charge in [-0.1, -0.05) is 13.2 Å². The van der Waals surface area contributed by atoms with Crippen LogP contribution >= 0.6 is 0 Å². The Morgan fingerprint density at radius 1 is 1.17 bits per heavy atom. The standard InChI is InChI=1S/C7H12N2O3/c1-3-5(8)11-7(10)12-6(9)4-2/h3-6H,1-2,8-9H2. The summed E-state index contributed by atoms with van der Waals surface area (Å²) in [6.45, 7) is 6.61. The molecule has 5 heteroatoms. The molecule has 12 heavy (non-hydrogen) atoms. The van der Waals surface area contributed by atoms with Gasteiger partial charge >= 0.3 is 6.16 Å². The van der Waals surface area contributed by atoms with Crippen LogP contribution in [0.4, 0.5) is 4.79 Å². The maximum absolute atomic E-state index is 10.7. The Bertz CT molecular complexity index is 163. The average molecular weight is 172 g/mol. The summed E-state index contributed by atoms with van der Waals surface area (Å²) >= 11 is 0. The maximum Gasteiger partial charge on any atom is 0.511 e. The molecule has 4 N–H and O–H groups in total. The van der Waals surface area contributed by atoms with Crippen molar-refractivity contribution < 1.29 is 14.3 Å². The fourth-order valence-corrected chi connectivity index (χ4v) is 0.346. The third-order valence-corrected chi connectivity index (χ3v) is 0.929. The van der Waals surface area contributed by atoms with Crippen LogP contribution < -0.4 is 11.5 Å². The zero-order valence-electron chi connectivity index (χ0n) is 6.60. The SMILES string of the molecule is C=CC(N)OC(=O)OC(N)C=C. The predicted octanol–water partition coefficient (Wildman–Crippen LogP) is 0.0812. The van der Waals surface area contributed by atoms with Crippen LogP contribution in [0, 0.1) is 0 Å². The lowest BCUT2D eigenvalue weighted by molar-refractivity contribution is 0.0245. The van der Waals surface area contributed by atoms with Gasteiger partial charge in [0.05, 0.1) is 0 Å². The van der Waals surface area contributed by atoms with Crippen molar-refractivity contribution >= 4 is 6.16 Å². The molecule has 0 aromatic rings. The van der Waals surface area contributed by atoms with Gasteiger partial charge in [0.25, 0.3) is 0 Å². The lowest BCUT2D eigenvalue weighted by atomic mass is 10.6. The summed E-state index contributed by atoms with van der Waals surface area (Å²) in [5, 5.41) is 0. The van der Waals surface area contributed by atoms with Crippen molar-refractivity contribution in [3.63, 3.8) is 0 Å². The number of carbonyl (C=O) groups is 1. The van der Waals surface area contributed by atoms with Gasteiger partial charge < -0.3 is 9.47 Å². The van der Waals surface area contributed by atoms with Crippen molar-refractivity contribution in [3.05, 3.63) is 25.3 Å². The van der Waals surface area contributed by atoms with Gasteiger partial charge in [0.15, 0.2) is 12.5 Å². The Hall–Kier alpha value is -1.33. The third-order valence-electron chi connectivity index (χ3n) is 0.929. The van der Waals surface area contributed by atoms with Crippen molar-refractivity contribution in [2.24, 2.45) is 11.5 Å². The molecular formula is C7H12N2O3. The third kappa shape index (κ3) is 4.48. The van der Waals surface area contributed by atoms with Gasteiger partial charge in [0.2, 0.25) is 0 Å². The smallest absolute Gasteiger partial charge is 0.412 e. The molecule has 0 amide bonds. The molecule has 0 bridgehead atoms. The summed E-state index contributed by atoms with van der Waals surface area (Å²) in [6, 6.07) is 0. The van der Waals surface area contributed by atoms with Gasteiger partial charge in [-0.3, -0.25) is 11.5 Å². The molecule has 2 unspecified atom stereocenters. The van der Waals surface area contributed by atoms with E-state index in [1.54, 1.807) is 0 Å². The van der Waals surface area contributed by atoms with Crippen molar-refractivity contribution in [2.75, 3.05) is 0 Å². The summed E-state index contributed by atoms with van der Waals surface area (Å²) in [7, 11) is 0. The molecule has 0 heterocycles. The van der Waals surface area contributed by atoms with Crippen molar-refractivity contribution in [3.8, 4) is 0 Å². The van der Waals surface area contributed by atoms with Gasteiger partial charge in [-0.2, -0.15) is 0 Å². The number of hydrogen-bond acceptors (Lipinski definition) is 5. The second-order valence-electron chi connectivity index (χ2n) is 1.89. The molecule has 0 spiro atoms. The largest absolute Gasteiger partial charge is 0.511 e. The fraction of sp³-hybridized carbons (Fsp3) is 0.286. The van der Waals surface area contributed by atoms with Crippen LogP contribution in [0.1, 0.15) is 0 Å². The molecule has 0 aliphatic carbocycles. The van der Waals surface area contributed by atoms with Crippen molar-refractivity contribution in [1.82, 2.24) is 0 Å². The Morgan fingerprint density at radius 2 is 1.50 bits per heavy atom. The number of nitrogens with two attached hydrogens (primary N) is 2. The number of ether oxygens (including phenoxy) is 2. The van der Waals surface area contributed by atoms with E-state index in [9.17, 15) is 4.79 Å².